The number of aryl methyl sites for hydroxylation is 1. The van der Waals surface area contributed by atoms with Crippen molar-refractivity contribution in [2.45, 2.75) is 19.9 Å². The number of hydrogen-bond acceptors (Lipinski definition) is 1. The molecule has 2 aromatic carbocycles. The SMILES string of the molecule is CCc1ccccc1NCc1c(F)cccc1Cl. The average molecular weight is 264 g/mol. The first kappa shape index (κ1) is 12.9. The molecular weight excluding hydrogens is 249 g/mol. The molecule has 0 saturated carbocycles. The van der Waals surface area contributed by atoms with Gasteiger partial charge in [-0.3, -0.25) is 0 Å². The van der Waals surface area contributed by atoms with Gasteiger partial charge in [0, 0.05) is 22.8 Å². The van der Waals surface area contributed by atoms with Gasteiger partial charge in [-0.2, -0.15) is 0 Å². The second kappa shape index (κ2) is 5.87. The van der Waals surface area contributed by atoms with Crippen LogP contribution in [0.15, 0.2) is 42.5 Å². The van der Waals surface area contributed by atoms with Crippen molar-refractivity contribution in [2.75, 3.05) is 5.32 Å². The van der Waals surface area contributed by atoms with E-state index >= 15 is 0 Å². The van der Waals surface area contributed by atoms with E-state index in [9.17, 15) is 4.39 Å². The Morgan fingerprint density at radius 1 is 1.11 bits per heavy atom. The minimum Gasteiger partial charge on any atom is -0.381 e. The van der Waals surface area contributed by atoms with Gasteiger partial charge in [0.05, 0.1) is 0 Å². The fourth-order valence-electron chi connectivity index (χ4n) is 1.89. The number of benzene rings is 2. The first-order chi connectivity index (χ1) is 8.72. The summed E-state index contributed by atoms with van der Waals surface area (Å²) in [5, 5.41) is 3.69. The van der Waals surface area contributed by atoms with Crippen LogP contribution in [0.2, 0.25) is 5.02 Å². The van der Waals surface area contributed by atoms with Gasteiger partial charge in [0.2, 0.25) is 0 Å². The summed E-state index contributed by atoms with van der Waals surface area (Å²) < 4.78 is 13.6. The number of rotatable bonds is 4. The van der Waals surface area contributed by atoms with E-state index in [2.05, 4.69) is 18.3 Å². The third-order valence-corrected chi connectivity index (χ3v) is 3.27. The number of anilines is 1. The second-order valence-corrected chi connectivity index (χ2v) is 4.47. The molecule has 1 nitrogen and oxygen atoms in total. The van der Waals surface area contributed by atoms with Crippen LogP contribution >= 0.6 is 11.6 Å². The van der Waals surface area contributed by atoms with Crippen molar-refractivity contribution in [3.8, 4) is 0 Å². The van der Waals surface area contributed by atoms with Gasteiger partial charge in [0.15, 0.2) is 0 Å². The molecule has 0 aliphatic carbocycles. The molecule has 94 valence electrons. The third kappa shape index (κ3) is 2.82. The summed E-state index contributed by atoms with van der Waals surface area (Å²) in [4.78, 5) is 0. The lowest BCUT2D eigenvalue weighted by molar-refractivity contribution is 0.613. The maximum absolute atomic E-state index is 13.6. The fourth-order valence-corrected chi connectivity index (χ4v) is 2.12. The number of nitrogens with one attached hydrogen (secondary N) is 1. The largest absolute Gasteiger partial charge is 0.381 e. The van der Waals surface area contributed by atoms with Crippen LogP contribution in [-0.4, -0.2) is 0 Å². The Morgan fingerprint density at radius 2 is 1.89 bits per heavy atom. The summed E-state index contributed by atoms with van der Waals surface area (Å²) >= 11 is 5.99. The summed E-state index contributed by atoms with van der Waals surface area (Å²) in [6.07, 6.45) is 0.939. The summed E-state index contributed by atoms with van der Waals surface area (Å²) in [5.41, 5.74) is 2.74. The van der Waals surface area contributed by atoms with Crippen LogP contribution < -0.4 is 5.32 Å². The molecule has 18 heavy (non-hydrogen) atoms. The van der Waals surface area contributed by atoms with Gasteiger partial charge in [0.25, 0.3) is 0 Å². The molecule has 0 aromatic heterocycles. The summed E-state index contributed by atoms with van der Waals surface area (Å²) in [6, 6.07) is 12.8. The van der Waals surface area contributed by atoms with Gasteiger partial charge >= 0.3 is 0 Å². The van der Waals surface area contributed by atoms with Crippen LogP contribution in [-0.2, 0) is 13.0 Å². The molecule has 0 aliphatic rings. The van der Waals surface area contributed by atoms with Crippen LogP contribution in [0.3, 0.4) is 0 Å². The zero-order valence-electron chi connectivity index (χ0n) is 10.2. The Kier molecular flexibility index (Phi) is 4.21. The summed E-state index contributed by atoms with van der Waals surface area (Å²) in [7, 11) is 0. The molecule has 2 aromatic rings. The molecule has 1 N–H and O–H groups in total. The van der Waals surface area contributed by atoms with Gasteiger partial charge in [-0.25, -0.2) is 4.39 Å². The predicted molar refractivity (Wildman–Crippen MR) is 74.6 cm³/mol. The first-order valence-corrected chi connectivity index (χ1v) is 6.35. The minimum atomic E-state index is -0.274. The Morgan fingerprint density at radius 3 is 2.61 bits per heavy atom. The van der Waals surface area contributed by atoms with E-state index in [4.69, 9.17) is 11.6 Å². The van der Waals surface area contributed by atoms with E-state index in [0.717, 1.165) is 12.1 Å². The average Bonchev–Trinajstić information content (AvgIpc) is 2.38. The van der Waals surface area contributed by atoms with E-state index in [1.54, 1.807) is 12.1 Å². The monoisotopic (exact) mass is 263 g/mol. The normalized spacial score (nSPS) is 10.4. The lowest BCUT2D eigenvalue weighted by atomic mass is 10.1. The molecule has 0 atom stereocenters. The Labute approximate surface area is 112 Å². The third-order valence-electron chi connectivity index (χ3n) is 2.92. The molecule has 0 heterocycles. The predicted octanol–water partition coefficient (Wildman–Crippen LogP) is 4.65. The molecule has 0 spiro atoms. The van der Waals surface area contributed by atoms with Crippen molar-refractivity contribution in [3.63, 3.8) is 0 Å². The lowest BCUT2D eigenvalue weighted by Crippen LogP contribution is -2.04. The molecule has 0 aliphatic heterocycles. The number of hydrogen-bond donors (Lipinski definition) is 1. The Hall–Kier alpha value is -1.54. The number of para-hydroxylation sites is 1. The van der Waals surface area contributed by atoms with Crippen LogP contribution in [0.25, 0.3) is 0 Å². The molecule has 3 heteroatoms. The maximum Gasteiger partial charge on any atom is 0.129 e. The zero-order valence-corrected chi connectivity index (χ0v) is 11.0. The van der Waals surface area contributed by atoms with Crippen molar-refractivity contribution in [1.82, 2.24) is 0 Å². The fraction of sp³-hybridized carbons (Fsp3) is 0.200. The molecule has 0 radical (unpaired) electrons. The topological polar surface area (TPSA) is 12.0 Å². The molecule has 0 fully saturated rings. The number of halogens is 2. The molecule has 0 saturated heterocycles. The van der Waals surface area contributed by atoms with Crippen molar-refractivity contribution >= 4 is 17.3 Å². The molecule has 2 rings (SSSR count). The maximum atomic E-state index is 13.6. The van der Waals surface area contributed by atoms with Gasteiger partial charge < -0.3 is 5.32 Å². The van der Waals surface area contributed by atoms with Crippen molar-refractivity contribution in [1.29, 1.82) is 0 Å². The highest BCUT2D eigenvalue weighted by molar-refractivity contribution is 6.31. The van der Waals surface area contributed by atoms with Gasteiger partial charge in [0.1, 0.15) is 5.82 Å². The van der Waals surface area contributed by atoms with Gasteiger partial charge in [-0.15, -0.1) is 0 Å². The van der Waals surface area contributed by atoms with Crippen LogP contribution in [0.4, 0.5) is 10.1 Å². The Bertz CT molecular complexity index is 520. The van der Waals surface area contributed by atoms with Crippen molar-refractivity contribution in [3.05, 3.63) is 64.4 Å². The second-order valence-electron chi connectivity index (χ2n) is 4.06. The highest BCUT2D eigenvalue weighted by Crippen LogP contribution is 2.22. The zero-order chi connectivity index (χ0) is 13.0. The Balaban J connectivity index is 2.16. The molecular formula is C15H15ClFN. The molecule has 0 amide bonds. The minimum absolute atomic E-state index is 0.274. The van der Waals surface area contributed by atoms with E-state index in [1.165, 1.54) is 11.6 Å². The van der Waals surface area contributed by atoms with E-state index in [-0.39, 0.29) is 5.82 Å². The standard InChI is InChI=1S/C15H15ClFN/c1-2-11-6-3-4-9-15(11)18-10-12-13(16)7-5-8-14(12)17/h3-9,18H,2,10H2,1H3. The van der Waals surface area contributed by atoms with E-state index in [1.807, 2.05) is 18.2 Å². The van der Waals surface area contributed by atoms with Crippen molar-refractivity contribution < 1.29 is 4.39 Å². The van der Waals surface area contributed by atoms with Gasteiger partial charge in [-0.1, -0.05) is 42.8 Å². The van der Waals surface area contributed by atoms with Crippen LogP contribution in [0.5, 0.6) is 0 Å². The highest BCUT2D eigenvalue weighted by Gasteiger charge is 2.07. The van der Waals surface area contributed by atoms with E-state index < -0.39 is 0 Å². The van der Waals surface area contributed by atoms with E-state index in [0.29, 0.717) is 17.1 Å². The van der Waals surface area contributed by atoms with Crippen molar-refractivity contribution in [2.24, 2.45) is 0 Å². The highest BCUT2D eigenvalue weighted by atomic mass is 35.5. The van der Waals surface area contributed by atoms with Gasteiger partial charge in [-0.05, 0) is 30.2 Å². The molecule has 0 unspecified atom stereocenters. The smallest absolute Gasteiger partial charge is 0.129 e. The molecule has 0 bridgehead atoms. The van der Waals surface area contributed by atoms with Crippen LogP contribution in [0, 0.1) is 5.82 Å². The van der Waals surface area contributed by atoms with Crippen LogP contribution in [0.1, 0.15) is 18.1 Å². The summed E-state index contributed by atoms with van der Waals surface area (Å²) in [5.74, 6) is -0.274. The first-order valence-electron chi connectivity index (χ1n) is 5.97. The summed E-state index contributed by atoms with van der Waals surface area (Å²) in [6.45, 7) is 2.49. The lowest BCUT2D eigenvalue weighted by Gasteiger charge is -2.12. The quantitative estimate of drug-likeness (QED) is 0.846.